The van der Waals surface area contributed by atoms with E-state index in [1.165, 1.54) is 0 Å². The molecule has 7 rings (SSSR count). The zero-order valence-corrected chi connectivity index (χ0v) is 22.3. The first kappa shape index (κ1) is 23.8. The molecule has 1 saturated heterocycles. The van der Waals surface area contributed by atoms with Crippen molar-refractivity contribution in [1.29, 1.82) is 0 Å². The topological polar surface area (TPSA) is 66.5 Å². The molecule has 6 heteroatoms. The van der Waals surface area contributed by atoms with Gasteiger partial charge in [0.05, 0.1) is 12.0 Å². The van der Waals surface area contributed by atoms with Crippen molar-refractivity contribution >= 4 is 50.9 Å². The normalized spacial score (nSPS) is 24.2. The van der Waals surface area contributed by atoms with Crippen molar-refractivity contribution in [3.63, 3.8) is 0 Å². The fraction of sp³-hybridized carbons (Fsp3) is 0.121. The third-order valence-electron chi connectivity index (χ3n) is 8.27. The number of hydrogen-bond donors (Lipinski definition) is 1. The lowest BCUT2D eigenvalue weighted by Crippen LogP contribution is -2.55. The third-order valence-corrected chi connectivity index (χ3v) is 8.79. The van der Waals surface area contributed by atoms with E-state index in [1.54, 1.807) is 24.3 Å². The molecule has 0 aliphatic carbocycles. The number of carbonyl (C=O) groups is 3. The first-order chi connectivity index (χ1) is 19.0. The minimum Gasteiger partial charge on any atom is -0.352 e. The second-order valence-corrected chi connectivity index (χ2v) is 11.1. The Hall–Kier alpha value is -4.29. The average molecular weight is 575 g/mol. The maximum Gasteiger partial charge on any atom is 0.238 e. The first-order valence-corrected chi connectivity index (χ1v) is 13.7. The van der Waals surface area contributed by atoms with Crippen LogP contribution >= 0.6 is 15.9 Å². The summed E-state index contributed by atoms with van der Waals surface area (Å²) in [4.78, 5) is 45.6. The number of anilines is 2. The smallest absolute Gasteiger partial charge is 0.238 e. The van der Waals surface area contributed by atoms with Crippen molar-refractivity contribution in [2.24, 2.45) is 5.92 Å². The summed E-state index contributed by atoms with van der Waals surface area (Å²) in [6, 6.07) is 30.1. The van der Waals surface area contributed by atoms with Crippen molar-refractivity contribution < 1.29 is 14.4 Å². The van der Waals surface area contributed by atoms with Gasteiger partial charge in [-0.25, -0.2) is 0 Å². The summed E-state index contributed by atoms with van der Waals surface area (Å²) in [6.45, 7) is 0. The number of nitrogens with one attached hydrogen (secondary N) is 1. The number of hydrogen-bond acceptors (Lipinski definition) is 4. The Labute approximate surface area is 234 Å². The van der Waals surface area contributed by atoms with Crippen LogP contribution in [-0.4, -0.2) is 29.6 Å². The number of carbonyl (C=O) groups excluding carboxylic acids is 3. The number of rotatable bonds is 4. The van der Waals surface area contributed by atoms with Crippen molar-refractivity contribution in [3.05, 3.63) is 136 Å². The highest BCUT2D eigenvalue weighted by Crippen LogP contribution is 2.58. The Morgan fingerprint density at radius 1 is 0.769 bits per heavy atom. The zero-order chi connectivity index (χ0) is 26.7. The Kier molecular flexibility index (Phi) is 5.42. The van der Waals surface area contributed by atoms with Crippen LogP contribution in [0.3, 0.4) is 0 Å². The number of amides is 1. The standard InChI is InChI=1S/C33H23BrN2O3/c34-23-17-14-22(15-18-23)30(38)31-33(24-11-5-6-12-25(24)35-32(33)39)28(29(37)21-9-2-1-3-10-21)27-19-16-20-8-4-7-13-26(20)36(27)31/h1-19,27-28,31H,(H,35,39). The van der Waals surface area contributed by atoms with E-state index in [2.05, 4.69) is 21.2 Å². The molecule has 4 aromatic carbocycles. The Morgan fingerprint density at radius 3 is 2.23 bits per heavy atom. The summed E-state index contributed by atoms with van der Waals surface area (Å²) < 4.78 is 0.852. The minimum atomic E-state index is -1.44. The molecule has 1 fully saturated rings. The van der Waals surface area contributed by atoms with Crippen LogP contribution in [0.4, 0.5) is 11.4 Å². The fourth-order valence-corrected chi connectivity index (χ4v) is 6.96. The van der Waals surface area contributed by atoms with E-state index in [9.17, 15) is 14.4 Å². The summed E-state index contributed by atoms with van der Waals surface area (Å²) >= 11 is 3.46. The number of nitrogens with zero attached hydrogens (tertiary/aromatic N) is 1. The predicted octanol–water partition coefficient (Wildman–Crippen LogP) is 6.31. The van der Waals surface area contributed by atoms with Crippen molar-refractivity contribution in [2.45, 2.75) is 17.5 Å². The lowest BCUT2D eigenvalue weighted by molar-refractivity contribution is -0.121. The number of halogens is 1. The molecule has 1 amide bonds. The molecule has 4 unspecified atom stereocenters. The van der Waals surface area contributed by atoms with Crippen LogP contribution in [0, 0.1) is 5.92 Å². The summed E-state index contributed by atoms with van der Waals surface area (Å²) in [6.07, 6.45) is 3.99. The van der Waals surface area contributed by atoms with Crippen LogP contribution in [-0.2, 0) is 10.2 Å². The Morgan fingerprint density at radius 2 is 1.44 bits per heavy atom. The molecule has 1 spiro atoms. The van der Waals surface area contributed by atoms with Crippen molar-refractivity contribution in [3.8, 4) is 0 Å². The molecule has 0 saturated carbocycles. The van der Waals surface area contributed by atoms with Crippen molar-refractivity contribution in [1.82, 2.24) is 0 Å². The van der Waals surface area contributed by atoms with Crippen molar-refractivity contribution in [2.75, 3.05) is 10.2 Å². The molecular weight excluding hydrogens is 552 g/mol. The second kappa shape index (κ2) is 8.89. The molecule has 190 valence electrons. The van der Waals surface area contributed by atoms with Gasteiger partial charge in [-0.3, -0.25) is 14.4 Å². The average Bonchev–Trinajstić information content (AvgIpc) is 3.45. The molecular formula is C33H23BrN2O3. The lowest BCUT2D eigenvalue weighted by atomic mass is 9.63. The van der Waals surface area contributed by atoms with Gasteiger partial charge in [-0.05, 0) is 35.4 Å². The molecule has 0 aromatic heterocycles. The second-order valence-electron chi connectivity index (χ2n) is 10.2. The van der Waals surface area contributed by atoms with Gasteiger partial charge in [0.1, 0.15) is 11.5 Å². The van der Waals surface area contributed by atoms with E-state index in [1.807, 2.05) is 95.9 Å². The van der Waals surface area contributed by atoms with Crippen LogP contribution < -0.4 is 10.2 Å². The molecule has 39 heavy (non-hydrogen) atoms. The van der Waals surface area contributed by atoms with E-state index in [0.717, 1.165) is 15.7 Å². The van der Waals surface area contributed by atoms with E-state index in [4.69, 9.17) is 0 Å². The summed E-state index contributed by atoms with van der Waals surface area (Å²) in [7, 11) is 0. The number of fused-ring (bicyclic) bond motifs is 5. The van der Waals surface area contributed by atoms with Crippen LogP contribution in [0.25, 0.3) is 6.08 Å². The summed E-state index contributed by atoms with van der Waals surface area (Å²) in [5.41, 5.74) is 2.65. The van der Waals surface area contributed by atoms with Crippen LogP contribution in [0.5, 0.6) is 0 Å². The molecule has 4 aromatic rings. The first-order valence-electron chi connectivity index (χ1n) is 12.9. The molecule has 4 atom stereocenters. The SMILES string of the molecule is O=C(c1ccccc1)C1C2C=Cc3ccccc3N2C(C(=O)c2ccc(Br)cc2)C12C(=O)Nc1ccccc12. The quantitative estimate of drug-likeness (QED) is 0.290. The third kappa shape index (κ3) is 3.34. The van der Waals surface area contributed by atoms with Crippen LogP contribution in [0.1, 0.15) is 31.8 Å². The van der Waals surface area contributed by atoms with Gasteiger partial charge in [0.25, 0.3) is 0 Å². The molecule has 3 aliphatic heterocycles. The van der Waals surface area contributed by atoms with E-state index >= 15 is 0 Å². The van der Waals surface area contributed by atoms with Gasteiger partial charge in [0, 0.05) is 27.0 Å². The highest BCUT2D eigenvalue weighted by Gasteiger charge is 2.70. The zero-order valence-electron chi connectivity index (χ0n) is 20.8. The number of ketones is 2. The molecule has 3 aliphatic rings. The maximum atomic E-state index is 14.7. The van der Waals surface area contributed by atoms with Crippen LogP contribution in [0.2, 0.25) is 0 Å². The molecule has 5 nitrogen and oxygen atoms in total. The predicted molar refractivity (Wildman–Crippen MR) is 155 cm³/mol. The monoisotopic (exact) mass is 574 g/mol. The Balaban J connectivity index is 1.54. The van der Waals surface area contributed by atoms with Gasteiger partial charge < -0.3 is 10.2 Å². The number of Topliss-reactive ketones (excluding diaryl/α,β-unsaturated/α-hetero) is 2. The summed E-state index contributed by atoms with van der Waals surface area (Å²) in [5.74, 6) is -1.52. The van der Waals surface area contributed by atoms with E-state index in [-0.39, 0.29) is 17.5 Å². The molecule has 1 N–H and O–H groups in total. The maximum absolute atomic E-state index is 14.7. The fourth-order valence-electron chi connectivity index (χ4n) is 6.69. The van der Waals surface area contributed by atoms with E-state index in [0.29, 0.717) is 22.4 Å². The number of para-hydroxylation sites is 2. The van der Waals surface area contributed by atoms with Gasteiger partial charge in [0.2, 0.25) is 5.91 Å². The van der Waals surface area contributed by atoms with Gasteiger partial charge >= 0.3 is 0 Å². The highest BCUT2D eigenvalue weighted by molar-refractivity contribution is 9.10. The number of benzene rings is 4. The lowest BCUT2D eigenvalue weighted by Gasteiger charge is -2.37. The van der Waals surface area contributed by atoms with Gasteiger partial charge in [-0.1, -0.05) is 107 Å². The largest absolute Gasteiger partial charge is 0.352 e. The molecule has 0 radical (unpaired) electrons. The minimum absolute atomic E-state index is 0.160. The van der Waals surface area contributed by atoms with E-state index < -0.39 is 23.4 Å². The summed E-state index contributed by atoms with van der Waals surface area (Å²) in [5, 5.41) is 3.04. The Bertz CT molecular complexity index is 1680. The van der Waals surface area contributed by atoms with Gasteiger partial charge in [-0.2, -0.15) is 0 Å². The molecule has 3 heterocycles. The molecule has 0 bridgehead atoms. The van der Waals surface area contributed by atoms with Gasteiger partial charge in [-0.15, -0.1) is 0 Å². The van der Waals surface area contributed by atoms with Gasteiger partial charge in [0.15, 0.2) is 11.6 Å². The van der Waals surface area contributed by atoms with Crippen LogP contribution in [0.15, 0.2) is 114 Å². The highest BCUT2D eigenvalue weighted by atomic mass is 79.9.